The molecule has 5 heteroatoms. The Balaban J connectivity index is 1.86. The third-order valence-corrected chi connectivity index (χ3v) is 6.00. The Morgan fingerprint density at radius 3 is 2.57 bits per heavy atom. The van der Waals surface area contributed by atoms with E-state index in [0.717, 1.165) is 38.2 Å². The molecule has 0 saturated heterocycles. The van der Waals surface area contributed by atoms with Crippen molar-refractivity contribution >= 4 is 45.4 Å². The molecule has 28 heavy (non-hydrogen) atoms. The van der Waals surface area contributed by atoms with E-state index in [2.05, 4.69) is 11.4 Å². The molecule has 1 N–H and O–H groups in total. The van der Waals surface area contributed by atoms with Crippen LogP contribution in [0.1, 0.15) is 27.0 Å². The van der Waals surface area contributed by atoms with Crippen LogP contribution in [0.2, 0.25) is 5.02 Å². The fourth-order valence-corrected chi connectivity index (χ4v) is 4.16. The number of benzene rings is 2. The Bertz CT molecular complexity index is 1200. The molecule has 1 amide bonds. The van der Waals surface area contributed by atoms with Crippen molar-refractivity contribution in [3.8, 4) is 10.6 Å². The second kappa shape index (κ2) is 7.38. The average molecular weight is 407 g/mol. The molecule has 0 aliphatic carbocycles. The highest BCUT2D eigenvalue weighted by Crippen LogP contribution is 2.31. The third-order valence-electron chi connectivity index (χ3n) is 4.70. The maximum atomic E-state index is 13.2. The van der Waals surface area contributed by atoms with Gasteiger partial charge in [0.15, 0.2) is 0 Å². The van der Waals surface area contributed by atoms with Gasteiger partial charge in [-0.3, -0.25) is 4.79 Å². The van der Waals surface area contributed by atoms with Gasteiger partial charge >= 0.3 is 0 Å². The van der Waals surface area contributed by atoms with E-state index in [1.54, 1.807) is 17.4 Å². The number of thiophene rings is 1. The number of nitrogens with zero attached hydrogens (tertiary/aromatic N) is 1. The van der Waals surface area contributed by atoms with E-state index in [1.165, 1.54) is 0 Å². The van der Waals surface area contributed by atoms with E-state index in [-0.39, 0.29) is 5.91 Å². The van der Waals surface area contributed by atoms with E-state index < -0.39 is 0 Å². The van der Waals surface area contributed by atoms with Crippen LogP contribution < -0.4 is 5.32 Å². The number of aryl methyl sites for hydroxylation is 3. The maximum Gasteiger partial charge on any atom is 0.256 e. The summed E-state index contributed by atoms with van der Waals surface area (Å²) in [6.07, 6.45) is 0. The number of anilines is 1. The molecule has 0 radical (unpaired) electrons. The predicted molar refractivity (Wildman–Crippen MR) is 119 cm³/mol. The largest absolute Gasteiger partial charge is 0.322 e. The Kier molecular flexibility index (Phi) is 4.92. The normalized spacial score (nSPS) is 11.0. The molecule has 0 aliphatic heterocycles. The van der Waals surface area contributed by atoms with Crippen LogP contribution in [0.25, 0.3) is 21.5 Å². The van der Waals surface area contributed by atoms with Gasteiger partial charge in [-0.1, -0.05) is 35.4 Å². The summed E-state index contributed by atoms with van der Waals surface area (Å²) in [6, 6.07) is 15.5. The molecule has 0 aliphatic rings. The zero-order valence-electron chi connectivity index (χ0n) is 15.8. The number of fused-ring (bicyclic) bond motifs is 1. The molecule has 0 unspecified atom stereocenters. The quantitative estimate of drug-likeness (QED) is 0.406. The van der Waals surface area contributed by atoms with Gasteiger partial charge in [0.2, 0.25) is 0 Å². The summed E-state index contributed by atoms with van der Waals surface area (Å²) in [5, 5.41) is 6.48. The number of carbonyl (C=O) groups is 1. The van der Waals surface area contributed by atoms with E-state index in [0.29, 0.717) is 16.3 Å². The summed E-state index contributed by atoms with van der Waals surface area (Å²) >= 11 is 7.82. The smallest absolute Gasteiger partial charge is 0.256 e. The van der Waals surface area contributed by atoms with Crippen LogP contribution in [0.5, 0.6) is 0 Å². The van der Waals surface area contributed by atoms with Gasteiger partial charge in [-0.25, -0.2) is 4.98 Å². The number of amides is 1. The number of hydrogen-bond acceptors (Lipinski definition) is 3. The molecule has 0 spiro atoms. The van der Waals surface area contributed by atoms with Crippen LogP contribution in [0.4, 0.5) is 5.69 Å². The van der Waals surface area contributed by atoms with Crippen molar-refractivity contribution in [2.24, 2.45) is 0 Å². The Morgan fingerprint density at radius 1 is 1.04 bits per heavy atom. The highest BCUT2D eigenvalue weighted by atomic mass is 35.5. The van der Waals surface area contributed by atoms with Gasteiger partial charge in [-0.15, -0.1) is 11.3 Å². The van der Waals surface area contributed by atoms with Gasteiger partial charge in [-0.05, 0) is 67.6 Å². The monoisotopic (exact) mass is 406 g/mol. The fraction of sp³-hybridized carbons (Fsp3) is 0.130. The van der Waals surface area contributed by atoms with Crippen molar-refractivity contribution in [3.05, 3.63) is 81.2 Å². The van der Waals surface area contributed by atoms with Gasteiger partial charge in [0.05, 0.1) is 21.7 Å². The predicted octanol–water partition coefficient (Wildman–Crippen LogP) is 6.79. The highest BCUT2D eigenvalue weighted by Gasteiger charge is 2.16. The minimum absolute atomic E-state index is 0.171. The van der Waals surface area contributed by atoms with Crippen LogP contribution in [-0.4, -0.2) is 10.9 Å². The maximum absolute atomic E-state index is 13.2. The van der Waals surface area contributed by atoms with Gasteiger partial charge in [-0.2, -0.15) is 0 Å². The molecule has 0 saturated carbocycles. The molecule has 2 aromatic carbocycles. The molecule has 3 nitrogen and oxygen atoms in total. The Hall–Kier alpha value is -2.69. The Labute approximate surface area is 173 Å². The molecule has 0 atom stereocenters. The van der Waals surface area contributed by atoms with E-state index in [9.17, 15) is 4.79 Å². The van der Waals surface area contributed by atoms with Gasteiger partial charge in [0.25, 0.3) is 5.91 Å². The lowest BCUT2D eigenvalue weighted by molar-refractivity contribution is 0.102. The standard InChI is InChI=1S/C23H19ClN2OS/c1-13-9-15(3)22-17(10-13)18(12-20(26-22)21-5-4-8-28-21)23(27)25-16-7-6-14(2)19(24)11-16/h4-12H,1-3H3,(H,25,27). The van der Waals surface area contributed by atoms with Gasteiger partial charge in [0.1, 0.15) is 0 Å². The summed E-state index contributed by atoms with van der Waals surface area (Å²) in [6.45, 7) is 5.99. The first kappa shape index (κ1) is 18.7. The van der Waals surface area contributed by atoms with Crippen molar-refractivity contribution in [1.82, 2.24) is 4.98 Å². The van der Waals surface area contributed by atoms with Crippen molar-refractivity contribution in [3.63, 3.8) is 0 Å². The molecule has 0 fully saturated rings. The number of hydrogen-bond donors (Lipinski definition) is 1. The number of carbonyl (C=O) groups excluding carboxylic acids is 1. The lowest BCUT2D eigenvalue weighted by Gasteiger charge is -2.13. The van der Waals surface area contributed by atoms with Gasteiger partial charge < -0.3 is 5.32 Å². The van der Waals surface area contributed by atoms with Crippen molar-refractivity contribution in [2.45, 2.75) is 20.8 Å². The first-order valence-corrected chi connectivity index (χ1v) is 10.2. The van der Waals surface area contributed by atoms with Crippen molar-refractivity contribution in [2.75, 3.05) is 5.32 Å². The molecule has 2 heterocycles. The Morgan fingerprint density at radius 2 is 1.86 bits per heavy atom. The zero-order valence-corrected chi connectivity index (χ0v) is 17.4. The summed E-state index contributed by atoms with van der Waals surface area (Å²) in [5.74, 6) is -0.171. The average Bonchev–Trinajstić information content (AvgIpc) is 3.19. The van der Waals surface area contributed by atoms with Crippen LogP contribution in [0.15, 0.2) is 53.9 Å². The highest BCUT2D eigenvalue weighted by molar-refractivity contribution is 7.13. The third kappa shape index (κ3) is 3.53. The number of aromatic nitrogens is 1. The van der Waals surface area contributed by atoms with E-state index >= 15 is 0 Å². The lowest BCUT2D eigenvalue weighted by Crippen LogP contribution is -2.13. The van der Waals surface area contributed by atoms with E-state index in [1.807, 2.05) is 62.5 Å². The molecule has 4 rings (SSSR count). The molecule has 140 valence electrons. The number of rotatable bonds is 3. The number of halogens is 1. The molecular formula is C23H19ClN2OS. The molecule has 2 aromatic heterocycles. The second-order valence-corrected chi connectivity index (χ2v) is 8.28. The van der Waals surface area contributed by atoms with Crippen molar-refractivity contribution in [1.29, 1.82) is 0 Å². The minimum atomic E-state index is -0.171. The number of nitrogens with one attached hydrogen (secondary N) is 1. The SMILES string of the molecule is Cc1cc(C)c2nc(-c3cccs3)cc(C(=O)Nc3ccc(C)c(Cl)c3)c2c1. The fourth-order valence-electron chi connectivity index (χ4n) is 3.29. The summed E-state index contributed by atoms with van der Waals surface area (Å²) in [5.41, 5.74) is 6.07. The zero-order chi connectivity index (χ0) is 19.8. The van der Waals surface area contributed by atoms with Crippen LogP contribution >= 0.6 is 22.9 Å². The molecule has 4 aromatic rings. The summed E-state index contributed by atoms with van der Waals surface area (Å²) < 4.78 is 0. The number of pyridine rings is 1. The summed E-state index contributed by atoms with van der Waals surface area (Å²) in [4.78, 5) is 19.1. The lowest BCUT2D eigenvalue weighted by atomic mass is 10.0. The van der Waals surface area contributed by atoms with Gasteiger partial charge in [0, 0.05) is 16.1 Å². The molecule has 0 bridgehead atoms. The van der Waals surface area contributed by atoms with Crippen LogP contribution in [0, 0.1) is 20.8 Å². The molecular weight excluding hydrogens is 388 g/mol. The summed E-state index contributed by atoms with van der Waals surface area (Å²) in [7, 11) is 0. The van der Waals surface area contributed by atoms with Crippen molar-refractivity contribution < 1.29 is 4.79 Å². The second-order valence-electron chi connectivity index (χ2n) is 6.93. The van der Waals surface area contributed by atoms with Crippen LogP contribution in [-0.2, 0) is 0 Å². The van der Waals surface area contributed by atoms with Crippen LogP contribution in [0.3, 0.4) is 0 Å². The van der Waals surface area contributed by atoms with E-state index in [4.69, 9.17) is 16.6 Å². The minimum Gasteiger partial charge on any atom is -0.322 e. The topological polar surface area (TPSA) is 42.0 Å². The first-order valence-electron chi connectivity index (χ1n) is 8.96. The first-order chi connectivity index (χ1) is 13.4.